The predicted molar refractivity (Wildman–Crippen MR) is 408 cm³/mol. The van der Waals surface area contributed by atoms with Gasteiger partial charge < -0.3 is 31.3 Å². The Bertz CT molecular complexity index is 5320. The van der Waals surface area contributed by atoms with E-state index in [0.717, 1.165) is 105 Å². The van der Waals surface area contributed by atoms with Crippen LogP contribution in [0.15, 0.2) is 163 Å². The van der Waals surface area contributed by atoms with Gasteiger partial charge in [0.25, 0.3) is 11.9 Å². The second-order valence-corrected chi connectivity index (χ2v) is 28.1. The third-order valence-electron chi connectivity index (χ3n) is 16.6. The van der Waals surface area contributed by atoms with Crippen LogP contribution in [0.4, 0.5) is 34.0 Å². The fourth-order valence-electron chi connectivity index (χ4n) is 11.1. The molecule has 8 aromatic heterocycles. The Morgan fingerprint density at radius 3 is 1.21 bits per heavy atom. The van der Waals surface area contributed by atoms with E-state index in [1.54, 1.807) is 86.2 Å². The maximum atomic E-state index is 12.5. The number of anilines is 5. The first-order valence-electron chi connectivity index (χ1n) is 31.9. The van der Waals surface area contributed by atoms with Crippen LogP contribution in [0.3, 0.4) is 0 Å². The zero-order valence-corrected chi connectivity index (χ0v) is 61.1. The number of hydrazine groups is 1. The number of thiophene rings is 3. The van der Waals surface area contributed by atoms with Crippen LogP contribution in [-0.4, -0.2) is 95.8 Å². The third-order valence-corrected chi connectivity index (χ3v) is 20.7. The standard InChI is InChI=1S/C24H23N7O2S.C23H23N5O2S2.C22H21N7OS.C2H6N2O/c1-13-14(2)34-23-21(13)22(17-5-7-19(8-6-17)26-16(4)32)29-30(24-28-27-15(3)31(23)24)12-18-11-25-10-9-20(18)33;1-13-14(2)32-22-20(13)21(16-5-7-18(8-6-16)25-15(3)29)27-28(23(26-22)31-4)12-17-11-24-10-9-19(17)30;1-12-13(2)31-21-19(12)20(15-4-6-17(23)7-5-15)27-28(22-26-25-14(3)29(21)22)11-16-10-24-9-8-18(16)30;1-2(5)4-3/h5-11H,12H2,1-4H3,(H,25,33)(H,26,32);5-11H,12H2,1-4H3,(H,24,30)(H,25,29);4-10H,11,23H2,1-3H3,(H,24,30);3H2,1H3,(H,4,5). The van der Waals surface area contributed by atoms with Gasteiger partial charge >= 0.3 is 0 Å². The number of benzene rings is 3. The summed E-state index contributed by atoms with van der Waals surface area (Å²) in [5, 5.41) is 47.0. The Morgan fingerprint density at radius 1 is 0.480 bits per heavy atom. The molecule has 0 radical (unpaired) electrons. The molecule has 14 rings (SSSR count). The monoisotopic (exact) mass is 1440 g/mol. The molecular weight excluding hydrogens is 1370 g/mol. The van der Waals surface area contributed by atoms with Crippen LogP contribution in [0.5, 0.6) is 0 Å². The number of aliphatic imine (C=N–C) groups is 1. The van der Waals surface area contributed by atoms with E-state index in [1.807, 2.05) is 107 Å². The van der Waals surface area contributed by atoms with E-state index in [2.05, 4.69) is 93.4 Å². The number of amides is 3. The molecule has 31 heteroatoms. The smallest absolute Gasteiger partial charge is 0.253 e. The van der Waals surface area contributed by atoms with E-state index in [0.29, 0.717) is 46.5 Å². The predicted octanol–water partition coefficient (Wildman–Crippen LogP) is 10.6. The number of nitrogens with zero attached hydrogens (tertiary/aromatic N) is 13. The third kappa shape index (κ3) is 15.4. The van der Waals surface area contributed by atoms with Crippen LogP contribution in [0.1, 0.15) is 114 Å². The maximum absolute atomic E-state index is 12.5. The van der Waals surface area contributed by atoms with E-state index in [9.17, 15) is 28.8 Å². The minimum atomic E-state index is -0.218. The van der Waals surface area contributed by atoms with Gasteiger partial charge in [0, 0.05) is 158 Å². The summed E-state index contributed by atoms with van der Waals surface area (Å²) in [6, 6.07) is 27.4. The van der Waals surface area contributed by atoms with E-state index in [1.165, 1.54) is 65.4 Å². The molecule has 102 heavy (non-hydrogen) atoms. The number of H-pyrrole nitrogens is 3. The highest BCUT2D eigenvalue weighted by atomic mass is 32.2. The summed E-state index contributed by atoms with van der Waals surface area (Å²) in [6.07, 6.45) is 11.9. The summed E-state index contributed by atoms with van der Waals surface area (Å²) in [6.45, 7) is 21.5. The van der Waals surface area contributed by atoms with Crippen molar-refractivity contribution in [2.45, 2.75) is 95.8 Å². The van der Waals surface area contributed by atoms with Gasteiger partial charge in [-0.2, -0.15) is 15.3 Å². The molecule has 10 N–H and O–H groups in total. The SMILES string of the molecule is CC(=O)NN.CC(=O)Nc1ccc(C2=NN(Cc3c[nH]ccc3=O)c3nnc(C)n3-c3sc(C)c(C)c32)cc1.CSC1=Nc2sc(C)c(C)c2C(c2ccc(NC(C)=O)cc2)=NN1Cc1c[nH]ccc1=O.Cc1sc2c(c1C)C(c1ccc(N)cc1)=NN(Cc1c[nH]ccc1=O)c1nnc(C)n1-2. The van der Waals surface area contributed by atoms with Crippen LogP contribution in [0.25, 0.3) is 10.0 Å². The second-order valence-electron chi connectivity index (χ2n) is 23.7. The molecule has 0 unspecified atom stereocenters. The van der Waals surface area contributed by atoms with Gasteiger partial charge in [-0.05, 0) is 115 Å². The average Bonchev–Trinajstić information content (AvgIpc) is 1.60. The van der Waals surface area contributed by atoms with Gasteiger partial charge in [-0.3, -0.25) is 43.3 Å². The number of thioether (sulfide) groups is 1. The summed E-state index contributed by atoms with van der Waals surface area (Å²) in [4.78, 5) is 87.1. The number of hydrogen-bond donors (Lipinski definition) is 8. The number of aromatic nitrogens is 9. The number of rotatable bonds is 11. The van der Waals surface area contributed by atoms with Crippen LogP contribution in [-0.2, 0) is 34.0 Å². The number of aryl methyl sites for hydroxylation is 5. The van der Waals surface area contributed by atoms with E-state index < -0.39 is 0 Å². The van der Waals surface area contributed by atoms with Gasteiger partial charge in [-0.25, -0.2) is 25.9 Å². The summed E-state index contributed by atoms with van der Waals surface area (Å²) >= 11 is 6.48. The molecule has 0 bridgehead atoms. The van der Waals surface area contributed by atoms with Crippen LogP contribution in [0, 0.1) is 55.4 Å². The zero-order chi connectivity index (χ0) is 72.8. The quantitative estimate of drug-likeness (QED) is 0.0258. The molecule has 0 aliphatic carbocycles. The van der Waals surface area contributed by atoms with Crippen molar-refractivity contribution in [2.75, 3.05) is 32.6 Å². The molecule has 0 fully saturated rings. The number of carbonyl (C=O) groups excluding carboxylic acids is 3. The molecule has 0 spiro atoms. The van der Waals surface area contributed by atoms with Crippen molar-refractivity contribution in [1.82, 2.24) is 54.9 Å². The maximum Gasteiger partial charge on any atom is 0.253 e. The van der Waals surface area contributed by atoms with Crippen molar-refractivity contribution in [3.8, 4) is 10.0 Å². The van der Waals surface area contributed by atoms with Gasteiger partial charge in [0.1, 0.15) is 43.8 Å². The van der Waals surface area contributed by atoms with Crippen LogP contribution >= 0.6 is 45.8 Å². The molecule has 3 amide bonds. The highest BCUT2D eigenvalue weighted by Crippen LogP contribution is 2.42. The number of nitrogens with two attached hydrogens (primary N) is 2. The van der Waals surface area contributed by atoms with Crippen LogP contribution in [0.2, 0.25) is 0 Å². The van der Waals surface area contributed by atoms with Gasteiger partial charge in [-0.15, -0.1) is 54.4 Å². The van der Waals surface area contributed by atoms with E-state index in [-0.39, 0.29) is 47.1 Å². The van der Waals surface area contributed by atoms with Gasteiger partial charge in [-0.1, -0.05) is 48.2 Å². The molecule has 0 saturated heterocycles. The van der Waals surface area contributed by atoms with Crippen molar-refractivity contribution in [2.24, 2.45) is 26.1 Å². The lowest BCUT2D eigenvalue weighted by Gasteiger charge is -2.19. The summed E-state index contributed by atoms with van der Waals surface area (Å²) in [7, 11) is 0. The molecule has 522 valence electrons. The summed E-state index contributed by atoms with van der Waals surface area (Å²) in [5.74, 6) is 6.74. The van der Waals surface area contributed by atoms with Gasteiger partial charge in [0.2, 0.25) is 17.7 Å². The van der Waals surface area contributed by atoms with E-state index >= 15 is 0 Å². The van der Waals surface area contributed by atoms with Crippen LogP contribution < -0.4 is 53.9 Å². The molecule has 3 aliphatic rings. The highest BCUT2D eigenvalue weighted by molar-refractivity contribution is 8.13. The fraction of sp³-hybridized carbons (Fsp3) is 0.211. The molecule has 3 aliphatic heterocycles. The number of aromatic amines is 3. The van der Waals surface area contributed by atoms with Crippen molar-refractivity contribution >= 4 is 120 Å². The lowest BCUT2D eigenvalue weighted by Crippen LogP contribution is -2.26. The Kier molecular flexibility index (Phi) is 21.8. The Labute approximate surface area is 601 Å². The average molecular weight is 1440 g/mol. The molecule has 0 atom stereocenters. The van der Waals surface area contributed by atoms with Gasteiger partial charge in [0.05, 0.1) is 19.6 Å². The Hall–Kier alpha value is -11.5. The molecule has 3 aromatic carbocycles. The van der Waals surface area contributed by atoms with Crippen molar-refractivity contribution in [3.63, 3.8) is 0 Å². The fourth-order valence-corrected chi connectivity index (χ4v) is 15.1. The zero-order valence-electron chi connectivity index (χ0n) is 57.8. The Morgan fingerprint density at radius 2 is 0.833 bits per heavy atom. The van der Waals surface area contributed by atoms with E-state index in [4.69, 9.17) is 26.0 Å². The lowest BCUT2D eigenvalue weighted by atomic mass is 10.00. The number of fused-ring (bicyclic) bond motifs is 7. The number of hydrogen-bond acceptors (Lipinski definition) is 23. The number of nitrogens with one attached hydrogen (secondary N) is 6. The first-order chi connectivity index (χ1) is 48.9. The number of amidine groups is 1. The number of carbonyl (C=O) groups is 3. The molecule has 11 aromatic rings. The van der Waals surface area contributed by atoms with Gasteiger partial charge in [0.15, 0.2) is 21.5 Å². The Balaban J connectivity index is 0.000000149. The number of nitrogen functional groups attached to an aromatic ring is 1. The lowest BCUT2D eigenvalue weighted by molar-refractivity contribution is -0.119. The largest absolute Gasteiger partial charge is 0.399 e. The normalized spacial score (nSPS) is 12.6. The summed E-state index contributed by atoms with van der Waals surface area (Å²) < 4.78 is 4.02. The first-order valence-corrected chi connectivity index (χ1v) is 35.5. The second kappa shape index (κ2) is 30.9. The minimum absolute atomic E-state index is 0.0494. The van der Waals surface area contributed by atoms with Crippen molar-refractivity contribution < 1.29 is 14.4 Å². The molecule has 27 nitrogen and oxygen atoms in total. The first kappa shape index (κ1) is 71.8. The molecular formula is C71H73N21O6S4. The van der Waals surface area contributed by atoms with Crippen molar-refractivity contribution in [1.29, 1.82) is 0 Å². The summed E-state index contributed by atoms with van der Waals surface area (Å²) in [5.41, 5.74) is 23.1. The number of hydrazone groups is 3. The van der Waals surface area contributed by atoms with Crippen molar-refractivity contribution in [3.05, 3.63) is 252 Å². The minimum Gasteiger partial charge on any atom is -0.399 e. The topological polar surface area (TPSA) is 358 Å². The molecule has 0 saturated carbocycles. The highest BCUT2D eigenvalue weighted by Gasteiger charge is 2.34. The number of pyridine rings is 3. The molecule has 11 heterocycles.